The Balaban J connectivity index is 1.62. The molecule has 5 heteroatoms. The summed E-state index contributed by atoms with van der Waals surface area (Å²) in [6.45, 7) is 1.91. The van der Waals surface area contributed by atoms with E-state index in [4.69, 9.17) is 10.5 Å². The molecule has 25 heavy (non-hydrogen) atoms. The topological polar surface area (TPSA) is 76.4 Å². The van der Waals surface area contributed by atoms with Crippen LogP contribution in [0.1, 0.15) is 37.7 Å². The Kier molecular flexibility index (Phi) is 4.34. The van der Waals surface area contributed by atoms with E-state index in [2.05, 4.69) is 10.6 Å². The van der Waals surface area contributed by atoms with Crippen LogP contribution in [0.25, 0.3) is 0 Å². The monoisotopic (exact) mass is 343 g/mol. The Bertz CT molecular complexity index is 631. The molecule has 1 aromatic rings. The van der Waals surface area contributed by atoms with Crippen LogP contribution < -0.4 is 16.4 Å². The quantitative estimate of drug-likeness (QED) is 0.688. The normalized spacial score (nSPS) is 32.0. The number of fused-ring (bicyclic) bond motifs is 1. The summed E-state index contributed by atoms with van der Waals surface area (Å²) in [5.74, 6) is 0.719. The minimum Gasteiger partial charge on any atom is -0.363 e. The molecule has 0 radical (unpaired) electrons. The molecule has 4 N–H and O–H groups in total. The molecule has 4 rings (SSSR count). The number of nitrogens with one attached hydrogen (secondary N) is 2. The summed E-state index contributed by atoms with van der Waals surface area (Å²) in [5, 5.41) is 6.54. The number of benzene rings is 1. The van der Waals surface area contributed by atoms with Crippen LogP contribution in [0.3, 0.4) is 0 Å². The molecule has 4 unspecified atom stereocenters. The van der Waals surface area contributed by atoms with Crippen LogP contribution in [-0.2, 0) is 15.1 Å². The number of carbonyl (C=O) groups is 1. The van der Waals surface area contributed by atoms with Gasteiger partial charge in [-0.05, 0) is 37.3 Å². The highest BCUT2D eigenvalue weighted by Gasteiger charge is 2.62. The maximum absolute atomic E-state index is 13.5. The van der Waals surface area contributed by atoms with Gasteiger partial charge in [-0.25, -0.2) is 0 Å². The van der Waals surface area contributed by atoms with Crippen molar-refractivity contribution in [2.24, 2.45) is 23.0 Å². The lowest BCUT2D eigenvalue weighted by Gasteiger charge is -2.38. The van der Waals surface area contributed by atoms with E-state index in [1.807, 2.05) is 30.3 Å². The molecule has 0 aromatic heterocycles. The van der Waals surface area contributed by atoms with E-state index in [1.54, 1.807) is 7.11 Å². The smallest absolute Gasteiger partial charge is 0.258 e. The van der Waals surface area contributed by atoms with Gasteiger partial charge in [0.25, 0.3) is 5.91 Å². The summed E-state index contributed by atoms with van der Waals surface area (Å²) < 4.78 is 6.00. The predicted molar refractivity (Wildman–Crippen MR) is 96.6 cm³/mol. The third kappa shape index (κ3) is 2.60. The molecule has 3 aliphatic rings. The molecule has 2 aliphatic carbocycles. The number of amides is 1. The lowest BCUT2D eigenvalue weighted by molar-refractivity contribution is -0.154. The summed E-state index contributed by atoms with van der Waals surface area (Å²) in [6, 6.07) is 9.92. The first kappa shape index (κ1) is 17.0. The number of ether oxygens (including phenoxy) is 1. The Labute approximate surface area is 149 Å². The fraction of sp³-hybridized carbons (Fsp3) is 0.650. The molecular weight excluding hydrogens is 314 g/mol. The van der Waals surface area contributed by atoms with Gasteiger partial charge in [-0.2, -0.15) is 0 Å². The SMILES string of the molecule is COC(C(=O)NC(N)C12CNCC1C2)(c1ccccc1)C1CCCC1. The molecule has 1 aliphatic heterocycles. The molecule has 1 aromatic carbocycles. The molecule has 2 saturated carbocycles. The highest BCUT2D eigenvalue weighted by Crippen LogP contribution is 2.56. The lowest BCUT2D eigenvalue weighted by Crippen LogP contribution is -2.58. The van der Waals surface area contributed by atoms with E-state index in [9.17, 15) is 4.79 Å². The van der Waals surface area contributed by atoms with E-state index in [0.717, 1.165) is 50.8 Å². The van der Waals surface area contributed by atoms with Crippen molar-refractivity contribution < 1.29 is 9.53 Å². The zero-order chi connectivity index (χ0) is 17.5. The molecule has 5 nitrogen and oxygen atoms in total. The third-order valence-electron chi connectivity index (χ3n) is 6.82. The molecule has 4 atom stereocenters. The number of piperidine rings is 1. The minimum atomic E-state index is -0.942. The van der Waals surface area contributed by atoms with Crippen molar-refractivity contribution in [3.05, 3.63) is 35.9 Å². The second-order valence-electron chi connectivity index (χ2n) is 8.00. The summed E-state index contributed by atoms with van der Waals surface area (Å²) in [7, 11) is 1.66. The Morgan fingerprint density at radius 1 is 1.36 bits per heavy atom. The molecular formula is C20H29N3O2. The van der Waals surface area contributed by atoms with Gasteiger partial charge in [0.05, 0.1) is 6.17 Å². The van der Waals surface area contributed by atoms with Gasteiger partial charge in [0.15, 0.2) is 5.60 Å². The highest BCUT2D eigenvalue weighted by molar-refractivity contribution is 5.87. The van der Waals surface area contributed by atoms with Crippen molar-refractivity contribution in [3.8, 4) is 0 Å². The number of hydrogen-bond acceptors (Lipinski definition) is 4. The number of carbonyl (C=O) groups excluding carboxylic acids is 1. The van der Waals surface area contributed by atoms with Crippen LogP contribution in [0.2, 0.25) is 0 Å². The standard InChI is InChI=1S/C20H29N3O2/c1-25-20(15-9-5-6-10-15,14-7-3-2-4-8-14)18(24)23-17(21)19-11-16(19)12-22-13-19/h2-4,7-8,15-17,22H,5-6,9-13,21H2,1H3,(H,23,24). The molecule has 3 fully saturated rings. The minimum absolute atomic E-state index is 0.0432. The van der Waals surface area contributed by atoms with Crippen molar-refractivity contribution in [1.29, 1.82) is 0 Å². The van der Waals surface area contributed by atoms with Gasteiger partial charge in [0, 0.05) is 25.0 Å². The maximum Gasteiger partial charge on any atom is 0.258 e. The van der Waals surface area contributed by atoms with Crippen LogP contribution >= 0.6 is 0 Å². The average Bonchev–Trinajstić information content (AvgIpc) is 3.01. The van der Waals surface area contributed by atoms with E-state index < -0.39 is 5.60 Å². The molecule has 136 valence electrons. The second-order valence-corrected chi connectivity index (χ2v) is 8.00. The van der Waals surface area contributed by atoms with Crippen molar-refractivity contribution in [2.45, 2.75) is 43.9 Å². The predicted octanol–water partition coefficient (Wildman–Crippen LogP) is 1.73. The van der Waals surface area contributed by atoms with E-state index in [-0.39, 0.29) is 23.4 Å². The Morgan fingerprint density at radius 3 is 2.64 bits per heavy atom. The molecule has 0 spiro atoms. The number of rotatable bonds is 6. The van der Waals surface area contributed by atoms with Crippen molar-refractivity contribution >= 4 is 5.91 Å². The zero-order valence-corrected chi connectivity index (χ0v) is 15.0. The lowest BCUT2D eigenvalue weighted by atomic mass is 9.78. The first-order valence-electron chi connectivity index (χ1n) is 9.51. The van der Waals surface area contributed by atoms with Gasteiger partial charge in [0.1, 0.15) is 0 Å². The molecule has 1 heterocycles. The highest BCUT2D eigenvalue weighted by atomic mass is 16.5. The average molecular weight is 343 g/mol. The summed E-state index contributed by atoms with van der Waals surface area (Å²) >= 11 is 0. The van der Waals surface area contributed by atoms with Gasteiger partial charge < -0.3 is 21.1 Å². The first-order valence-corrected chi connectivity index (χ1v) is 9.51. The first-order chi connectivity index (χ1) is 12.1. The largest absolute Gasteiger partial charge is 0.363 e. The summed E-state index contributed by atoms with van der Waals surface area (Å²) in [5.41, 5.74) is 6.49. The fourth-order valence-electron chi connectivity index (χ4n) is 5.20. The molecule has 1 saturated heterocycles. The van der Waals surface area contributed by atoms with Crippen LogP contribution in [0.4, 0.5) is 0 Å². The summed E-state index contributed by atoms with van der Waals surface area (Å²) in [6.07, 6.45) is 5.12. The van der Waals surface area contributed by atoms with Gasteiger partial charge in [-0.15, -0.1) is 0 Å². The summed E-state index contributed by atoms with van der Waals surface area (Å²) in [4.78, 5) is 13.5. The van der Waals surface area contributed by atoms with Gasteiger partial charge >= 0.3 is 0 Å². The van der Waals surface area contributed by atoms with Gasteiger partial charge in [-0.3, -0.25) is 4.79 Å². The van der Waals surface area contributed by atoms with Crippen LogP contribution in [0.5, 0.6) is 0 Å². The second kappa shape index (κ2) is 6.38. The van der Waals surface area contributed by atoms with Crippen molar-refractivity contribution in [3.63, 3.8) is 0 Å². The van der Waals surface area contributed by atoms with Crippen LogP contribution in [0, 0.1) is 17.3 Å². The van der Waals surface area contributed by atoms with Gasteiger partial charge in [-0.1, -0.05) is 43.2 Å². The van der Waals surface area contributed by atoms with Crippen LogP contribution in [0.15, 0.2) is 30.3 Å². The maximum atomic E-state index is 13.5. The van der Waals surface area contributed by atoms with Crippen molar-refractivity contribution in [1.82, 2.24) is 10.6 Å². The Morgan fingerprint density at radius 2 is 2.08 bits per heavy atom. The van der Waals surface area contributed by atoms with Gasteiger partial charge in [0.2, 0.25) is 0 Å². The number of hydrogen-bond donors (Lipinski definition) is 3. The van der Waals surface area contributed by atoms with E-state index in [0.29, 0.717) is 5.92 Å². The van der Waals surface area contributed by atoms with E-state index in [1.165, 1.54) is 0 Å². The third-order valence-corrected chi connectivity index (χ3v) is 6.82. The number of methoxy groups -OCH3 is 1. The number of nitrogens with two attached hydrogens (primary N) is 1. The molecule has 1 amide bonds. The van der Waals surface area contributed by atoms with Crippen molar-refractivity contribution in [2.75, 3.05) is 20.2 Å². The van der Waals surface area contributed by atoms with E-state index >= 15 is 0 Å². The zero-order valence-electron chi connectivity index (χ0n) is 15.0. The fourth-order valence-corrected chi connectivity index (χ4v) is 5.20. The molecule has 0 bridgehead atoms. The Hall–Kier alpha value is -1.43. The van der Waals surface area contributed by atoms with Crippen LogP contribution in [-0.4, -0.2) is 32.3 Å².